The first-order chi connectivity index (χ1) is 4.83. The molecule has 66 valence electrons. The van der Waals surface area contributed by atoms with Crippen molar-refractivity contribution in [2.24, 2.45) is 11.1 Å². The van der Waals surface area contributed by atoms with Gasteiger partial charge in [0.1, 0.15) is 6.29 Å². The molecular formula is C9H19NO. The second-order valence-electron chi connectivity index (χ2n) is 4.29. The summed E-state index contributed by atoms with van der Waals surface area (Å²) in [5.41, 5.74) is 5.44. The number of hydrogen-bond donors (Lipinski definition) is 1. The van der Waals surface area contributed by atoms with Crippen LogP contribution in [0.4, 0.5) is 0 Å². The van der Waals surface area contributed by atoms with E-state index in [-0.39, 0.29) is 11.0 Å². The van der Waals surface area contributed by atoms with Gasteiger partial charge in [-0.2, -0.15) is 0 Å². The van der Waals surface area contributed by atoms with Crippen LogP contribution < -0.4 is 5.73 Å². The highest BCUT2D eigenvalue weighted by Gasteiger charge is 2.27. The molecule has 0 spiro atoms. The van der Waals surface area contributed by atoms with Crippen LogP contribution >= 0.6 is 0 Å². The van der Waals surface area contributed by atoms with Crippen molar-refractivity contribution in [2.75, 3.05) is 0 Å². The molecule has 0 rings (SSSR count). The molecule has 0 bridgehead atoms. The molecule has 1 unspecified atom stereocenters. The van der Waals surface area contributed by atoms with Crippen molar-refractivity contribution in [2.45, 2.75) is 46.1 Å². The highest BCUT2D eigenvalue weighted by molar-refractivity contribution is 5.58. The van der Waals surface area contributed by atoms with Crippen LogP contribution in [0.25, 0.3) is 0 Å². The third-order valence-electron chi connectivity index (χ3n) is 1.99. The summed E-state index contributed by atoms with van der Waals surface area (Å²) in [4.78, 5) is 10.6. The summed E-state index contributed by atoms with van der Waals surface area (Å²) in [5.74, 6) is 0. The van der Waals surface area contributed by atoms with E-state index in [9.17, 15) is 4.79 Å². The molecule has 0 saturated carbocycles. The molecule has 0 heterocycles. The van der Waals surface area contributed by atoms with Gasteiger partial charge in [-0.05, 0) is 19.8 Å². The molecule has 11 heavy (non-hydrogen) atoms. The smallest absolute Gasteiger partial charge is 0.125 e. The normalized spacial score (nSPS) is 17.5. The summed E-state index contributed by atoms with van der Waals surface area (Å²) in [5, 5.41) is 0. The minimum absolute atomic E-state index is 0.204. The lowest BCUT2D eigenvalue weighted by atomic mass is 9.80. The highest BCUT2D eigenvalue weighted by Crippen LogP contribution is 2.25. The fourth-order valence-electron chi connectivity index (χ4n) is 1.21. The Labute approximate surface area is 69.2 Å². The van der Waals surface area contributed by atoms with Gasteiger partial charge in [-0.1, -0.05) is 20.8 Å². The molecular weight excluding hydrogens is 138 g/mol. The average Bonchev–Trinajstić information content (AvgIpc) is 1.86. The van der Waals surface area contributed by atoms with Crippen LogP contribution in [0, 0.1) is 5.41 Å². The third kappa shape index (κ3) is 4.14. The molecule has 0 amide bonds. The van der Waals surface area contributed by atoms with Crippen LogP contribution in [0.1, 0.15) is 40.5 Å². The Hall–Kier alpha value is -0.370. The number of carbonyl (C=O) groups is 1. The molecule has 2 heteroatoms. The predicted octanol–water partition coefficient (Wildman–Crippen LogP) is 1.73. The topological polar surface area (TPSA) is 43.1 Å². The zero-order valence-corrected chi connectivity index (χ0v) is 7.98. The lowest BCUT2D eigenvalue weighted by Crippen LogP contribution is -2.40. The molecule has 2 nitrogen and oxygen atoms in total. The Morgan fingerprint density at radius 3 is 2.09 bits per heavy atom. The van der Waals surface area contributed by atoms with Gasteiger partial charge in [-0.3, -0.25) is 0 Å². The van der Waals surface area contributed by atoms with E-state index < -0.39 is 0 Å². The highest BCUT2D eigenvalue weighted by atomic mass is 16.1. The molecule has 0 aromatic rings. The molecule has 0 aromatic heterocycles. The van der Waals surface area contributed by atoms with Gasteiger partial charge in [0.15, 0.2) is 0 Å². The number of rotatable bonds is 4. The minimum Gasteiger partial charge on any atom is -0.325 e. The summed E-state index contributed by atoms with van der Waals surface area (Å²) in [6, 6.07) is 0. The van der Waals surface area contributed by atoms with E-state index in [0.29, 0.717) is 0 Å². The van der Waals surface area contributed by atoms with Crippen molar-refractivity contribution < 1.29 is 4.79 Å². The van der Waals surface area contributed by atoms with Crippen LogP contribution in [0.5, 0.6) is 0 Å². The van der Waals surface area contributed by atoms with Crippen molar-refractivity contribution in [1.82, 2.24) is 0 Å². The van der Waals surface area contributed by atoms with Crippen molar-refractivity contribution >= 4 is 6.29 Å². The molecule has 2 N–H and O–H groups in total. The van der Waals surface area contributed by atoms with Crippen LogP contribution in [0.15, 0.2) is 0 Å². The van der Waals surface area contributed by atoms with Crippen molar-refractivity contribution in [3.8, 4) is 0 Å². The van der Waals surface area contributed by atoms with E-state index in [1.807, 2.05) is 27.7 Å². The molecule has 0 aliphatic rings. The lowest BCUT2D eigenvalue weighted by molar-refractivity contribution is -0.115. The minimum atomic E-state index is -0.278. The van der Waals surface area contributed by atoms with Crippen molar-refractivity contribution in [1.29, 1.82) is 0 Å². The van der Waals surface area contributed by atoms with Gasteiger partial charge in [0.2, 0.25) is 0 Å². The van der Waals surface area contributed by atoms with E-state index in [4.69, 9.17) is 5.73 Å². The molecule has 0 aliphatic heterocycles. The van der Waals surface area contributed by atoms with Gasteiger partial charge in [0.25, 0.3) is 0 Å². The standard InChI is InChI=1S/C9H19NO/c1-5-9(4,10)6-8(2,3)7-11/h7H,5-6,10H2,1-4H3. The van der Waals surface area contributed by atoms with Crippen molar-refractivity contribution in [3.05, 3.63) is 0 Å². The summed E-state index contributed by atoms with van der Waals surface area (Å²) in [6.07, 6.45) is 2.64. The first kappa shape index (κ1) is 10.6. The molecule has 0 radical (unpaired) electrons. The second kappa shape index (κ2) is 3.35. The van der Waals surface area contributed by atoms with Crippen LogP contribution in [0.2, 0.25) is 0 Å². The zero-order chi connectivity index (χ0) is 9.12. The Balaban J connectivity index is 4.12. The maximum atomic E-state index is 10.6. The van der Waals surface area contributed by atoms with Gasteiger partial charge in [-0.15, -0.1) is 0 Å². The number of hydrogen-bond acceptors (Lipinski definition) is 2. The summed E-state index contributed by atoms with van der Waals surface area (Å²) < 4.78 is 0. The van der Waals surface area contributed by atoms with Crippen LogP contribution in [-0.4, -0.2) is 11.8 Å². The Morgan fingerprint density at radius 1 is 1.36 bits per heavy atom. The Morgan fingerprint density at radius 2 is 1.82 bits per heavy atom. The quantitative estimate of drug-likeness (QED) is 0.631. The third-order valence-corrected chi connectivity index (χ3v) is 1.99. The fourth-order valence-corrected chi connectivity index (χ4v) is 1.21. The van der Waals surface area contributed by atoms with E-state index in [0.717, 1.165) is 19.1 Å². The maximum Gasteiger partial charge on any atom is 0.125 e. The van der Waals surface area contributed by atoms with Gasteiger partial charge < -0.3 is 10.5 Å². The molecule has 0 aromatic carbocycles. The van der Waals surface area contributed by atoms with E-state index in [1.54, 1.807) is 0 Å². The monoisotopic (exact) mass is 157 g/mol. The van der Waals surface area contributed by atoms with Crippen LogP contribution in [-0.2, 0) is 4.79 Å². The van der Waals surface area contributed by atoms with Crippen molar-refractivity contribution in [3.63, 3.8) is 0 Å². The fraction of sp³-hybridized carbons (Fsp3) is 0.889. The Kier molecular flexibility index (Phi) is 3.24. The largest absolute Gasteiger partial charge is 0.325 e. The van der Waals surface area contributed by atoms with Crippen LogP contribution in [0.3, 0.4) is 0 Å². The molecule has 0 saturated heterocycles. The van der Waals surface area contributed by atoms with Gasteiger partial charge in [-0.25, -0.2) is 0 Å². The van der Waals surface area contributed by atoms with E-state index in [1.165, 1.54) is 0 Å². The first-order valence-electron chi connectivity index (χ1n) is 4.08. The predicted molar refractivity (Wildman–Crippen MR) is 47.3 cm³/mol. The second-order valence-corrected chi connectivity index (χ2v) is 4.29. The van der Waals surface area contributed by atoms with Gasteiger partial charge >= 0.3 is 0 Å². The summed E-state index contributed by atoms with van der Waals surface area (Å²) in [6.45, 7) is 7.86. The summed E-state index contributed by atoms with van der Waals surface area (Å²) in [7, 11) is 0. The SMILES string of the molecule is CCC(C)(N)CC(C)(C)C=O. The molecule has 0 fully saturated rings. The maximum absolute atomic E-state index is 10.6. The Bertz CT molecular complexity index is 138. The van der Waals surface area contributed by atoms with E-state index >= 15 is 0 Å². The molecule has 0 aliphatic carbocycles. The lowest BCUT2D eigenvalue weighted by Gasteiger charge is -2.30. The van der Waals surface area contributed by atoms with Gasteiger partial charge in [0.05, 0.1) is 0 Å². The zero-order valence-electron chi connectivity index (χ0n) is 7.98. The number of aldehydes is 1. The molecule has 1 atom stereocenters. The first-order valence-corrected chi connectivity index (χ1v) is 4.08. The number of carbonyl (C=O) groups excluding carboxylic acids is 1. The van der Waals surface area contributed by atoms with Gasteiger partial charge in [0, 0.05) is 11.0 Å². The summed E-state index contributed by atoms with van der Waals surface area (Å²) >= 11 is 0. The van der Waals surface area contributed by atoms with E-state index in [2.05, 4.69) is 0 Å². The average molecular weight is 157 g/mol. The number of nitrogens with two attached hydrogens (primary N) is 1.